The Morgan fingerprint density at radius 2 is 1.33 bits per heavy atom. The highest BCUT2D eigenvalue weighted by Crippen LogP contribution is 2.19. The minimum absolute atomic E-state index is 0.495. The van der Waals surface area contributed by atoms with Crippen molar-refractivity contribution in [2.45, 2.75) is 13.5 Å². The van der Waals surface area contributed by atoms with Gasteiger partial charge in [0.05, 0.1) is 6.61 Å². The minimum atomic E-state index is 0.495. The van der Waals surface area contributed by atoms with Gasteiger partial charge < -0.3 is 19.5 Å². The molecule has 3 aromatic rings. The molecule has 140 valence electrons. The lowest BCUT2D eigenvalue weighted by atomic mass is 10.2. The molecule has 0 atom stereocenters. The maximum absolute atomic E-state index is 5.79. The van der Waals surface area contributed by atoms with Crippen LogP contribution >= 0.6 is 0 Å². The Morgan fingerprint density at radius 1 is 0.667 bits per heavy atom. The second kappa shape index (κ2) is 10.1. The topological polar surface area (TPSA) is 39.7 Å². The zero-order valence-electron chi connectivity index (χ0n) is 15.6. The Hall–Kier alpha value is -3.14. The van der Waals surface area contributed by atoms with Crippen molar-refractivity contribution in [1.29, 1.82) is 0 Å². The van der Waals surface area contributed by atoms with Crippen molar-refractivity contribution in [3.05, 3.63) is 84.4 Å². The summed E-state index contributed by atoms with van der Waals surface area (Å²) in [7, 11) is 0. The molecule has 0 unspecified atom stereocenters. The van der Waals surface area contributed by atoms with E-state index in [0.29, 0.717) is 19.8 Å². The molecular weight excluding hydrogens is 338 g/mol. The molecule has 0 aromatic heterocycles. The van der Waals surface area contributed by atoms with Crippen molar-refractivity contribution in [1.82, 2.24) is 0 Å². The van der Waals surface area contributed by atoms with Gasteiger partial charge in [-0.1, -0.05) is 36.4 Å². The van der Waals surface area contributed by atoms with Gasteiger partial charge >= 0.3 is 0 Å². The summed E-state index contributed by atoms with van der Waals surface area (Å²) in [5.74, 6) is 2.57. The maximum atomic E-state index is 5.79. The molecule has 0 amide bonds. The van der Waals surface area contributed by atoms with Crippen LogP contribution in [0.15, 0.2) is 78.9 Å². The lowest BCUT2D eigenvalue weighted by Crippen LogP contribution is -2.09. The van der Waals surface area contributed by atoms with Crippen molar-refractivity contribution in [2.24, 2.45) is 0 Å². The van der Waals surface area contributed by atoms with Gasteiger partial charge in [0.1, 0.15) is 30.5 Å². The van der Waals surface area contributed by atoms with Crippen LogP contribution in [0.25, 0.3) is 0 Å². The Balaban J connectivity index is 1.46. The number of anilines is 1. The molecule has 0 saturated carbocycles. The zero-order valence-corrected chi connectivity index (χ0v) is 15.6. The highest BCUT2D eigenvalue weighted by Gasteiger charge is 2.00. The molecule has 0 spiro atoms. The van der Waals surface area contributed by atoms with Crippen LogP contribution in [0, 0.1) is 0 Å². The number of benzene rings is 3. The summed E-state index contributed by atoms with van der Waals surface area (Å²) in [6.45, 7) is 4.38. The fraction of sp³-hybridized carbons (Fsp3) is 0.217. The van der Waals surface area contributed by atoms with E-state index in [1.165, 1.54) is 5.56 Å². The third-order valence-electron chi connectivity index (χ3n) is 3.90. The van der Waals surface area contributed by atoms with E-state index in [4.69, 9.17) is 14.2 Å². The third kappa shape index (κ3) is 6.26. The number of para-hydroxylation sites is 1. The molecule has 1 N–H and O–H groups in total. The van der Waals surface area contributed by atoms with Crippen molar-refractivity contribution in [2.75, 3.05) is 25.1 Å². The molecule has 4 nitrogen and oxygen atoms in total. The van der Waals surface area contributed by atoms with Gasteiger partial charge in [0.25, 0.3) is 0 Å². The molecule has 4 heteroatoms. The summed E-state index contributed by atoms with van der Waals surface area (Å²) in [5.41, 5.74) is 2.18. The summed E-state index contributed by atoms with van der Waals surface area (Å²) in [4.78, 5) is 0. The molecule has 0 aliphatic heterocycles. The molecule has 0 heterocycles. The first kappa shape index (κ1) is 18.6. The summed E-state index contributed by atoms with van der Waals surface area (Å²) in [6.07, 6.45) is 0. The van der Waals surface area contributed by atoms with Gasteiger partial charge in [0.2, 0.25) is 0 Å². The molecule has 0 radical (unpaired) electrons. The summed E-state index contributed by atoms with van der Waals surface area (Å²) in [6, 6.07) is 25.8. The van der Waals surface area contributed by atoms with Gasteiger partial charge in [-0.05, 0) is 48.9 Å². The summed E-state index contributed by atoms with van der Waals surface area (Å²) in [5, 5.41) is 3.42. The number of hydrogen-bond acceptors (Lipinski definition) is 4. The number of nitrogens with one attached hydrogen (secondary N) is 1. The van der Waals surface area contributed by atoms with Crippen molar-refractivity contribution >= 4 is 5.69 Å². The van der Waals surface area contributed by atoms with Gasteiger partial charge in [-0.15, -0.1) is 0 Å². The normalized spacial score (nSPS) is 10.3. The summed E-state index contributed by atoms with van der Waals surface area (Å²) >= 11 is 0. The molecule has 0 aliphatic carbocycles. The smallest absolute Gasteiger partial charge is 0.122 e. The standard InChI is InChI=1S/C23H25NO3/c1-2-25-22-12-6-8-19(16-22)18-24-20-9-7-13-23(17-20)27-15-14-26-21-10-4-3-5-11-21/h3-13,16-17,24H,2,14-15,18H2,1H3. The Morgan fingerprint density at radius 3 is 2.11 bits per heavy atom. The number of ether oxygens (including phenoxy) is 3. The van der Waals surface area contributed by atoms with Crippen molar-refractivity contribution in [3.63, 3.8) is 0 Å². The van der Waals surface area contributed by atoms with E-state index in [-0.39, 0.29) is 0 Å². The molecule has 27 heavy (non-hydrogen) atoms. The largest absolute Gasteiger partial charge is 0.494 e. The van der Waals surface area contributed by atoms with Gasteiger partial charge in [0, 0.05) is 18.3 Å². The van der Waals surface area contributed by atoms with E-state index >= 15 is 0 Å². The SMILES string of the molecule is CCOc1cccc(CNc2cccc(OCCOc3ccccc3)c2)c1. The van der Waals surface area contributed by atoms with Crippen LogP contribution in [-0.2, 0) is 6.54 Å². The predicted molar refractivity (Wildman–Crippen MR) is 109 cm³/mol. The Kier molecular flexibility index (Phi) is 6.99. The average molecular weight is 363 g/mol. The molecule has 0 fully saturated rings. The fourth-order valence-corrected chi connectivity index (χ4v) is 2.65. The van der Waals surface area contributed by atoms with Crippen molar-refractivity contribution in [3.8, 4) is 17.2 Å². The van der Waals surface area contributed by atoms with Gasteiger partial charge in [-0.25, -0.2) is 0 Å². The molecule has 0 saturated heterocycles. The predicted octanol–water partition coefficient (Wildman–Crippen LogP) is 5.16. The van der Waals surface area contributed by atoms with Gasteiger partial charge in [-0.3, -0.25) is 0 Å². The first-order chi connectivity index (χ1) is 13.3. The fourth-order valence-electron chi connectivity index (χ4n) is 2.65. The van der Waals surface area contributed by atoms with E-state index in [9.17, 15) is 0 Å². The van der Waals surface area contributed by atoms with Crippen LogP contribution in [0.3, 0.4) is 0 Å². The second-order valence-corrected chi connectivity index (χ2v) is 5.97. The number of hydrogen-bond donors (Lipinski definition) is 1. The highest BCUT2D eigenvalue weighted by atomic mass is 16.5. The van der Waals surface area contributed by atoms with E-state index in [2.05, 4.69) is 17.4 Å². The summed E-state index contributed by atoms with van der Waals surface area (Å²) < 4.78 is 17.0. The van der Waals surface area contributed by atoms with Gasteiger partial charge in [0.15, 0.2) is 0 Å². The third-order valence-corrected chi connectivity index (χ3v) is 3.90. The van der Waals surface area contributed by atoms with Crippen LogP contribution in [-0.4, -0.2) is 19.8 Å². The van der Waals surface area contributed by atoms with Crippen molar-refractivity contribution < 1.29 is 14.2 Å². The lowest BCUT2D eigenvalue weighted by molar-refractivity contribution is 0.217. The minimum Gasteiger partial charge on any atom is -0.494 e. The maximum Gasteiger partial charge on any atom is 0.122 e. The van der Waals surface area contributed by atoms with Crippen LogP contribution in [0.5, 0.6) is 17.2 Å². The van der Waals surface area contributed by atoms with Crippen LogP contribution < -0.4 is 19.5 Å². The molecule has 3 aromatic carbocycles. The monoisotopic (exact) mass is 363 g/mol. The van der Waals surface area contributed by atoms with E-state index < -0.39 is 0 Å². The quantitative estimate of drug-likeness (QED) is 0.505. The van der Waals surface area contributed by atoms with E-state index in [1.807, 2.05) is 73.7 Å². The first-order valence-electron chi connectivity index (χ1n) is 9.20. The second-order valence-electron chi connectivity index (χ2n) is 5.97. The highest BCUT2D eigenvalue weighted by molar-refractivity contribution is 5.48. The molecular formula is C23H25NO3. The lowest BCUT2D eigenvalue weighted by Gasteiger charge is -2.11. The average Bonchev–Trinajstić information content (AvgIpc) is 2.71. The van der Waals surface area contributed by atoms with Crippen LogP contribution in [0.4, 0.5) is 5.69 Å². The molecule has 0 bridgehead atoms. The van der Waals surface area contributed by atoms with Crippen LogP contribution in [0.1, 0.15) is 12.5 Å². The Bertz CT molecular complexity index is 821. The van der Waals surface area contributed by atoms with Crippen LogP contribution in [0.2, 0.25) is 0 Å². The molecule has 0 aliphatic rings. The zero-order chi connectivity index (χ0) is 18.7. The first-order valence-corrected chi connectivity index (χ1v) is 9.20. The van der Waals surface area contributed by atoms with E-state index in [0.717, 1.165) is 29.5 Å². The Labute approximate surface area is 160 Å². The van der Waals surface area contributed by atoms with E-state index in [1.54, 1.807) is 0 Å². The van der Waals surface area contributed by atoms with Gasteiger partial charge in [-0.2, -0.15) is 0 Å². The molecule has 3 rings (SSSR count). The number of rotatable bonds is 10.